The van der Waals surface area contributed by atoms with Gasteiger partial charge in [0.15, 0.2) is 5.78 Å². The van der Waals surface area contributed by atoms with Crippen LogP contribution in [0, 0.1) is 6.92 Å². The highest BCUT2D eigenvalue weighted by Gasteiger charge is 2.39. The highest BCUT2D eigenvalue weighted by atomic mass is 16.3. The number of carbonyl (C=O) groups is 1. The number of para-hydroxylation sites is 1. The average Bonchev–Trinajstić information content (AvgIpc) is 3.14. The van der Waals surface area contributed by atoms with Gasteiger partial charge in [-0.25, -0.2) is 4.68 Å². The molecular weight excluding hydrogens is 352 g/mol. The highest BCUT2D eigenvalue weighted by Crippen LogP contribution is 2.45. The number of Topliss-reactive ketones (excluding diaryl/α,β-unsaturated/α-hetero) is 1. The minimum atomic E-state index is -0.286. The Labute approximate surface area is 162 Å². The quantitative estimate of drug-likeness (QED) is 0.717. The number of aromatic nitrogens is 3. The minimum absolute atomic E-state index is 0.0624. The van der Waals surface area contributed by atoms with E-state index in [9.17, 15) is 9.90 Å². The fraction of sp³-hybridized carbons (Fsp3) is 0.227. The zero-order valence-electron chi connectivity index (χ0n) is 15.5. The summed E-state index contributed by atoms with van der Waals surface area (Å²) in [5.74, 6) is 0.886. The van der Waals surface area contributed by atoms with Crippen molar-refractivity contribution in [1.29, 1.82) is 0 Å². The molecule has 2 N–H and O–H groups in total. The third-order valence-electron chi connectivity index (χ3n) is 5.60. The molecule has 6 nitrogen and oxygen atoms in total. The molecule has 1 aliphatic heterocycles. The van der Waals surface area contributed by atoms with Crippen molar-refractivity contribution in [3.05, 3.63) is 82.8 Å². The van der Waals surface area contributed by atoms with E-state index >= 15 is 0 Å². The summed E-state index contributed by atoms with van der Waals surface area (Å²) in [7, 11) is 0. The lowest BCUT2D eigenvalue weighted by Gasteiger charge is -2.35. The van der Waals surface area contributed by atoms with Crippen molar-refractivity contribution in [2.24, 2.45) is 0 Å². The number of hydrogen-bond acceptors (Lipinski definition) is 5. The van der Waals surface area contributed by atoms with E-state index in [1.807, 2.05) is 37.3 Å². The number of nitrogens with one attached hydrogen (secondary N) is 1. The lowest BCUT2D eigenvalue weighted by molar-refractivity contribution is -0.116. The number of ketones is 1. The normalized spacial score (nSPS) is 21.1. The van der Waals surface area contributed by atoms with Crippen molar-refractivity contribution < 1.29 is 9.90 Å². The van der Waals surface area contributed by atoms with Crippen LogP contribution in [0.15, 0.2) is 66.1 Å². The molecule has 0 spiro atoms. The Hall–Kier alpha value is -3.41. The van der Waals surface area contributed by atoms with Crippen molar-refractivity contribution in [3.8, 4) is 5.75 Å². The number of allylic oxidation sites excluding steroid dienone is 2. The molecule has 0 saturated carbocycles. The van der Waals surface area contributed by atoms with Crippen LogP contribution >= 0.6 is 0 Å². The first-order valence-electron chi connectivity index (χ1n) is 9.39. The van der Waals surface area contributed by atoms with Crippen LogP contribution in [-0.2, 0) is 4.79 Å². The maximum Gasteiger partial charge on any atom is 0.226 e. The molecular formula is C22H20N4O2. The van der Waals surface area contributed by atoms with Crippen LogP contribution in [0.3, 0.4) is 0 Å². The van der Waals surface area contributed by atoms with Crippen LogP contribution in [0.5, 0.6) is 5.75 Å². The van der Waals surface area contributed by atoms with Gasteiger partial charge in [-0.1, -0.05) is 48.0 Å². The van der Waals surface area contributed by atoms with E-state index in [1.165, 1.54) is 6.33 Å². The zero-order chi connectivity index (χ0) is 19.3. The maximum atomic E-state index is 13.3. The van der Waals surface area contributed by atoms with E-state index in [-0.39, 0.29) is 23.5 Å². The molecule has 2 aromatic carbocycles. The largest absolute Gasteiger partial charge is 0.508 e. The summed E-state index contributed by atoms with van der Waals surface area (Å²) in [6.45, 7) is 2.04. The number of rotatable bonds is 2. The summed E-state index contributed by atoms with van der Waals surface area (Å²) in [6, 6.07) is 15.1. The first-order chi connectivity index (χ1) is 13.6. The molecule has 1 aliphatic carbocycles. The van der Waals surface area contributed by atoms with Crippen LogP contribution in [0.1, 0.15) is 41.5 Å². The number of phenols is 1. The average molecular weight is 372 g/mol. The van der Waals surface area contributed by atoms with Gasteiger partial charge in [0.25, 0.3) is 0 Å². The third kappa shape index (κ3) is 2.60. The van der Waals surface area contributed by atoms with Gasteiger partial charge in [0.05, 0.1) is 0 Å². The van der Waals surface area contributed by atoms with Crippen molar-refractivity contribution in [2.75, 3.05) is 5.32 Å². The second kappa shape index (κ2) is 6.34. The first-order valence-corrected chi connectivity index (χ1v) is 9.39. The van der Waals surface area contributed by atoms with Gasteiger partial charge in [-0.3, -0.25) is 4.79 Å². The third-order valence-corrected chi connectivity index (χ3v) is 5.60. The Kier molecular flexibility index (Phi) is 3.79. The fourth-order valence-corrected chi connectivity index (χ4v) is 4.35. The van der Waals surface area contributed by atoms with Crippen molar-refractivity contribution >= 4 is 11.7 Å². The lowest BCUT2D eigenvalue weighted by Crippen LogP contribution is -2.33. The number of anilines is 1. The summed E-state index contributed by atoms with van der Waals surface area (Å²) in [5, 5.41) is 17.9. The molecule has 2 atom stereocenters. The second-order valence-corrected chi connectivity index (χ2v) is 7.45. The fourth-order valence-electron chi connectivity index (χ4n) is 4.35. The predicted molar refractivity (Wildman–Crippen MR) is 105 cm³/mol. The van der Waals surface area contributed by atoms with Crippen molar-refractivity contribution in [1.82, 2.24) is 14.8 Å². The highest BCUT2D eigenvalue weighted by molar-refractivity contribution is 6.00. The molecule has 2 heterocycles. The van der Waals surface area contributed by atoms with Gasteiger partial charge < -0.3 is 10.4 Å². The number of carbonyl (C=O) groups excluding carboxylic acids is 1. The van der Waals surface area contributed by atoms with Crippen LogP contribution in [0.25, 0.3) is 0 Å². The molecule has 0 radical (unpaired) electrons. The van der Waals surface area contributed by atoms with Gasteiger partial charge >= 0.3 is 0 Å². The molecule has 5 rings (SSSR count). The molecule has 6 heteroatoms. The number of aryl methyl sites for hydroxylation is 1. The predicted octanol–water partition coefficient (Wildman–Crippen LogP) is 3.71. The van der Waals surface area contributed by atoms with E-state index < -0.39 is 0 Å². The maximum absolute atomic E-state index is 13.3. The van der Waals surface area contributed by atoms with Gasteiger partial charge in [0.1, 0.15) is 18.1 Å². The summed E-state index contributed by atoms with van der Waals surface area (Å²) >= 11 is 0. The second-order valence-electron chi connectivity index (χ2n) is 7.45. The molecule has 0 bridgehead atoms. The van der Waals surface area contributed by atoms with E-state index in [0.717, 1.165) is 28.0 Å². The topological polar surface area (TPSA) is 80.0 Å². The van der Waals surface area contributed by atoms with Gasteiger partial charge in [-0.15, -0.1) is 0 Å². The number of hydrogen-bond donors (Lipinski definition) is 2. The molecule has 0 amide bonds. The van der Waals surface area contributed by atoms with E-state index in [4.69, 9.17) is 0 Å². The Morgan fingerprint density at radius 1 is 1.14 bits per heavy atom. The molecule has 28 heavy (non-hydrogen) atoms. The van der Waals surface area contributed by atoms with E-state index in [0.29, 0.717) is 18.8 Å². The molecule has 1 aromatic heterocycles. The van der Waals surface area contributed by atoms with E-state index in [1.54, 1.807) is 16.8 Å². The Morgan fingerprint density at radius 2 is 2.00 bits per heavy atom. The Bertz CT molecular complexity index is 1110. The molecule has 0 unspecified atom stereocenters. The summed E-state index contributed by atoms with van der Waals surface area (Å²) in [4.78, 5) is 17.6. The lowest BCUT2D eigenvalue weighted by atomic mass is 9.77. The zero-order valence-corrected chi connectivity index (χ0v) is 15.5. The van der Waals surface area contributed by atoms with Gasteiger partial charge in [-0.05, 0) is 30.5 Å². The standard InChI is InChI=1S/C22H20N4O2/c1-13-5-4-6-14(9-13)21-20-17(25-22-23-12-24-26(21)22)10-15(11-19(20)28)16-7-2-3-8-18(16)27/h2-9,12,15,21,27H,10-11H2,1H3,(H,23,24,25)/t15-,21-/m1/s1. The number of benzene rings is 2. The first kappa shape index (κ1) is 16.7. The number of fused-ring (bicyclic) bond motifs is 1. The molecule has 2 aliphatic rings. The molecule has 0 saturated heterocycles. The van der Waals surface area contributed by atoms with Gasteiger partial charge in [0, 0.05) is 23.6 Å². The summed E-state index contributed by atoms with van der Waals surface area (Å²) in [5.41, 5.74) is 4.58. The smallest absolute Gasteiger partial charge is 0.226 e. The molecule has 140 valence electrons. The minimum Gasteiger partial charge on any atom is -0.508 e. The summed E-state index contributed by atoms with van der Waals surface area (Å²) in [6.07, 6.45) is 2.52. The molecule has 3 aromatic rings. The van der Waals surface area contributed by atoms with Gasteiger partial charge in [0.2, 0.25) is 5.95 Å². The Morgan fingerprint density at radius 3 is 2.82 bits per heavy atom. The van der Waals surface area contributed by atoms with Crippen LogP contribution in [0.2, 0.25) is 0 Å². The number of phenolic OH excluding ortho intramolecular Hbond substituents is 1. The van der Waals surface area contributed by atoms with Crippen LogP contribution in [-0.4, -0.2) is 25.7 Å². The SMILES string of the molecule is Cc1cccc([C@@H]2C3=C(C[C@@H](c4ccccc4O)CC3=O)Nc3ncnn32)c1. The van der Waals surface area contributed by atoms with Crippen molar-refractivity contribution in [2.45, 2.75) is 31.7 Å². The molecule has 0 fully saturated rings. The Balaban J connectivity index is 1.62. The van der Waals surface area contributed by atoms with E-state index in [2.05, 4.69) is 21.5 Å². The number of nitrogens with zero attached hydrogens (tertiary/aromatic N) is 3. The van der Waals surface area contributed by atoms with Gasteiger partial charge in [-0.2, -0.15) is 10.1 Å². The monoisotopic (exact) mass is 372 g/mol. The van der Waals surface area contributed by atoms with Crippen LogP contribution in [0.4, 0.5) is 5.95 Å². The number of aromatic hydroxyl groups is 1. The summed E-state index contributed by atoms with van der Waals surface area (Å²) < 4.78 is 1.78. The van der Waals surface area contributed by atoms with Crippen LogP contribution < -0.4 is 5.32 Å². The van der Waals surface area contributed by atoms with Crippen molar-refractivity contribution in [3.63, 3.8) is 0 Å².